The number of hydrogen-bond donors (Lipinski definition) is 0. The monoisotopic (exact) mass is 121 g/mol. The fraction of sp³-hybridized carbons (Fsp3) is 0.429. The quantitative estimate of drug-likeness (QED) is 0.588. The van der Waals surface area contributed by atoms with Crippen molar-refractivity contribution in [3.63, 3.8) is 0 Å². The molecule has 0 fully saturated rings. The van der Waals surface area contributed by atoms with Crippen LogP contribution < -0.4 is 0 Å². The topological polar surface area (TPSA) is 25.8 Å². The molecule has 0 saturated heterocycles. The maximum atomic E-state index is 3.86. The summed E-state index contributed by atoms with van der Waals surface area (Å²) in [7, 11) is 0. The molecule has 0 aliphatic rings. The van der Waals surface area contributed by atoms with Gasteiger partial charge in [-0.05, 0) is 18.6 Å². The summed E-state index contributed by atoms with van der Waals surface area (Å²) in [5.74, 6) is 0. The predicted molar refractivity (Wildman–Crippen MR) is 34.9 cm³/mol. The largest absolute Gasteiger partial charge is 0.155 e. The lowest BCUT2D eigenvalue weighted by Crippen LogP contribution is -1.89. The van der Waals surface area contributed by atoms with Crippen molar-refractivity contribution in [2.75, 3.05) is 0 Å². The van der Waals surface area contributed by atoms with Crippen LogP contribution in [0.3, 0.4) is 0 Å². The van der Waals surface area contributed by atoms with E-state index in [9.17, 15) is 0 Å². The summed E-state index contributed by atoms with van der Waals surface area (Å²) in [6, 6.07) is 3.73. The molecule has 0 saturated carbocycles. The van der Waals surface area contributed by atoms with Gasteiger partial charge >= 0.3 is 0 Å². The molecule has 0 aliphatic carbocycles. The van der Waals surface area contributed by atoms with Gasteiger partial charge in [-0.1, -0.05) is 13.3 Å². The lowest BCUT2D eigenvalue weighted by Gasteiger charge is -1.90. The SMILES string of the molecule is CCCc1cc[c]nn1. The van der Waals surface area contributed by atoms with Crippen molar-refractivity contribution >= 4 is 0 Å². The molecule has 0 atom stereocenters. The Hall–Kier alpha value is -0.920. The van der Waals surface area contributed by atoms with E-state index >= 15 is 0 Å². The van der Waals surface area contributed by atoms with Crippen LogP contribution in [-0.2, 0) is 6.42 Å². The Bertz CT molecular complexity index is 160. The highest BCUT2D eigenvalue weighted by Gasteiger charge is 1.87. The third kappa shape index (κ3) is 1.80. The molecule has 1 radical (unpaired) electrons. The molecule has 0 unspecified atom stereocenters. The molecule has 1 rings (SSSR count). The molecule has 0 amide bonds. The van der Waals surface area contributed by atoms with Crippen LogP contribution in [0.15, 0.2) is 12.1 Å². The van der Waals surface area contributed by atoms with Crippen LogP contribution in [0.5, 0.6) is 0 Å². The smallest absolute Gasteiger partial charge is 0.113 e. The molecule has 2 nitrogen and oxygen atoms in total. The Morgan fingerprint density at radius 3 is 3.11 bits per heavy atom. The number of rotatable bonds is 2. The van der Waals surface area contributed by atoms with Gasteiger partial charge in [0, 0.05) is 0 Å². The number of aryl methyl sites for hydroxylation is 1. The van der Waals surface area contributed by atoms with E-state index in [1.807, 2.05) is 6.07 Å². The number of hydrogen-bond acceptors (Lipinski definition) is 2. The minimum atomic E-state index is 1.02. The first-order chi connectivity index (χ1) is 4.43. The maximum Gasteiger partial charge on any atom is 0.113 e. The van der Waals surface area contributed by atoms with Crippen LogP contribution in [0, 0.1) is 6.20 Å². The van der Waals surface area contributed by atoms with Crippen molar-refractivity contribution in [3.05, 3.63) is 24.0 Å². The zero-order valence-electron chi connectivity index (χ0n) is 5.46. The first-order valence-corrected chi connectivity index (χ1v) is 3.12. The van der Waals surface area contributed by atoms with Crippen molar-refractivity contribution in [1.82, 2.24) is 10.2 Å². The van der Waals surface area contributed by atoms with Gasteiger partial charge in [-0.2, -0.15) is 5.10 Å². The van der Waals surface area contributed by atoms with E-state index < -0.39 is 0 Å². The van der Waals surface area contributed by atoms with E-state index in [1.54, 1.807) is 6.07 Å². The van der Waals surface area contributed by atoms with Gasteiger partial charge in [-0.25, -0.2) is 0 Å². The highest BCUT2D eigenvalue weighted by atomic mass is 15.1. The maximum absolute atomic E-state index is 3.86. The zero-order chi connectivity index (χ0) is 6.53. The third-order valence-corrected chi connectivity index (χ3v) is 1.09. The molecule has 47 valence electrons. The van der Waals surface area contributed by atoms with Gasteiger partial charge in [-0.15, -0.1) is 5.10 Å². The van der Waals surface area contributed by atoms with Crippen molar-refractivity contribution in [1.29, 1.82) is 0 Å². The standard InChI is InChI=1S/C7H9N2/c1-2-4-7-5-3-6-8-9-7/h3,5H,2,4H2,1H3. The second-order valence-electron chi connectivity index (χ2n) is 1.90. The second-order valence-corrected chi connectivity index (χ2v) is 1.90. The molecule has 2 heteroatoms. The molecule has 0 bridgehead atoms. The van der Waals surface area contributed by atoms with E-state index in [2.05, 4.69) is 23.3 Å². The predicted octanol–water partition coefficient (Wildman–Crippen LogP) is 1.23. The van der Waals surface area contributed by atoms with Gasteiger partial charge < -0.3 is 0 Å². The third-order valence-electron chi connectivity index (χ3n) is 1.09. The van der Waals surface area contributed by atoms with Crippen molar-refractivity contribution in [3.8, 4) is 0 Å². The molecular weight excluding hydrogens is 112 g/mol. The normalized spacial score (nSPS) is 9.44. The molecular formula is C7H9N2. The fourth-order valence-corrected chi connectivity index (χ4v) is 0.683. The van der Waals surface area contributed by atoms with Gasteiger partial charge in [0.05, 0.1) is 5.69 Å². The lowest BCUT2D eigenvalue weighted by molar-refractivity contribution is 0.836. The van der Waals surface area contributed by atoms with Gasteiger partial charge in [0.25, 0.3) is 0 Å². The van der Waals surface area contributed by atoms with E-state index in [1.165, 1.54) is 0 Å². The summed E-state index contributed by atoms with van der Waals surface area (Å²) in [6.45, 7) is 2.12. The summed E-state index contributed by atoms with van der Waals surface area (Å²) < 4.78 is 0. The van der Waals surface area contributed by atoms with E-state index in [0.717, 1.165) is 18.5 Å². The van der Waals surface area contributed by atoms with Crippen LogP contribution >= 0.6 is 0 Å². The van der Waals surface area contributed by atoms with Crippen LogP contribution in [0.1, 0.15) is 19.0 Å². The summed E-state index contributed by atoms with van der Waals surface area (Å²) in [4.78, 5) is 0. The Labute approximate surface area is 54.9 Å². The Morgan fingerprint density at radius 2 is 2.56 bits per heavy atom. The molecule has 1 aromatic heterocycles. The molecule has 1 aromatic rings. The van der Waals surface area contributed by atoms with E-state index in [-0.39, 0.29) is 0 Å². The molecule has 9 heavy (non-hydrogen) atoms. The average Bonchev–Trinajstić information content (AvgIpc) is 1.91. The van der Waals surface area contributed by atoms with Crippen molar-refractivity contribution < 1.29 is 0 Å². The van der Waals surface area contributed by atoms with E-state index in [4.69, 9.17) is 0 Å². The van der Waals surface area contributed by atoms with Crippen molar-refractivity contribution in [2.24, 2.45) is 0 Å². The summed E-state index contributed by atoms with van der Waals surface area (Å²) in [6.07, 6.45) is 4.77. The van der Waals surface area contributed by atoms with Crippen LogP contribution in [0.25, 0.3) is 0 Å². The summed E-state index contributed by atoms with van der Waals surface area (Å²) in [5.41, 5.74) is 1.05. The molecule has 0 N–H and O–H groups in total. The number of nitrogens with zero attached hydrogens (tertiary/aromatic N) is 2. The van der Waals surface area contributed by atoms with Gasteiger partial charge in [0.15, 0.2) is 0 Å². The second kappa shape index (κ2) is 3.17. The fourth-order valence-electron chi connectivity index (χ4n) is 0.683. The Morgan fingerprint density at radius 1 is 1.67 bits per heavy atom. The Balaban J connectivity index is 2.61. The minimum Gasteiger partial charge on any atom is -0.155 e. The van der Waals surface area contributed by atoms with Crippen LogP contribution in [-0.4, -0.2) is 10.2 Å². The Kier molecular flexibility index (Phi) is 2.19. The van der Waals surface area contributed by atoms with Gasteiger partial charge in [0.1, 0.15) is 6.20 Å². The van der Waals surface area contributed by atoms with E-state index in [0.29, 0.717) is 0 Å². The first-order valence-electron chi connectivity index (χ1n) is 3.12. The molecule has 0 aromatic carbocycles. The molecule has 1 heterocycles. The summed E-state index contributed by atoms with van der Waals surface area (Å²) >= 11 is 0. The van der Waals surface area contributed by atoms with Crippen molar-refractivity contribution in [2.45, 2.75) is 19.8 Å². The molecule has 0 aliphatic heterocycles. The first kappa shape index (κ1) is 6.20. The number of aromatic nitrogens is 2. The minimum absolute atomic E-state index is 1.02. The lowest BCUT2D eigenvalue weighted by atomic mass is 10.2. The average molecular weight is 121 g/mol. The molecule has 0 spiro atoms. The highest BCUT2D eigenvalue weighted by Crippen LogP contribution is 1.93. The van der Waals surface area contributed by atoms with Crippen LogP contribution in [0.2, 0.25) is 0 Å². The zero-order valence-corrected chi connectivity index (χ0v) is 5.46. The van der Waals surface area contributed by atoms with Crippen LogP contribution in [0.4, 0.5) is 0 Å². The highest BCUT2D eigenvalue weighted by molar-refractivity contribution is 4.97. The van der Waals surface area contributed by atoms with Gasteiger partial charge in [-0.3, -0.25) is 0 Å². The summed E-state index contributed by atoms with van der Waals surface area (Å²) in [5, 5.41) is 7.49. The van der Waals surface area contributed by atoms with Gasteiger partial charge in [0.2, 0.25) is 0 Å².